The van der Waals surface area contributed by atoms with Gasteiger partial charge in [-0.3, -0.25) is 20.2 Å². The maximum absolute atomic E-state index is 13.0. The molecular formula is C16H15F3N6O4. The highest BCUT2D eigenvalue weighted by molar-refractivity contribution is 5.76. The summed E-state index contributed by atoms with van der Waals surface area (Å²) in [5.74, 6) is 1.19. The molecule has 0 saturated carbocycles. The van der Waals surface area contributed by atoms with E-state index in [-0.39, 0.29) is 13.1 Å². The van der Waals surface area contributed by atoms with E-state index in [1.807, 2.05) is 4.90 Å². The van der Waals surface area contributed by atoms with Gasteiger partial charge in [0.2, 0.25) is 0 Å². The van der Waals surface area contributed by atoms with Crippen molar-refractivity contribution in [2.75, 3.05) is 36.0 Å². The Balaban J connectivity index is 1.96. The second-order valence-electron chi connectivity index (χ2n) is 6.31. The third kappa shape index (κ3) is 4.17. The number of halogens is 3. The smallest absolute Gasteiger partial charge is 0.357 e. The number of piperazine rings is 1. The van der Waals surface area contributed by atoms with Crippen molar-refractivity contribution in [3.05, 3.63) is 56.0 Å². The molecule has 1 aromatic carbocycles. The van der Waals surface area contributed by atoms with Crippen LogP contribution in [-0.2, 0) is 6.18 Å². The van der Waals surface area contributed by atoms with Gasteiger partial charge in [0, 0.05) is 44.5 Å². The molecule has 0 amide bonds. The Kier molecular flexibility index (Phi) is 5.22. The van der Waals surface area contributed by atoms with Gasteiger partial charge in [-0.05, 0) is 13.0 Å². The molecule has 13 heteroatoms. The minimum atomic E-state index is -4.95. The van der Waals surface area contributed by atoms with Crippen LogP contribution in [0.1, 0.15) is 11.4 Å². The van der Waals surface area contributed by atoms with E-state index in [9.17, 15) is 33.4 Å². The molecule has 0 radical (unpaired) electrons. The maximum Gasteiger partial charge on any atom is 0.416 e. The lowest BCUT2D eigenvalue weighted by Crippen LogP contribution is -2.47. The number of nitrogens with zero attached hydrogens (tertiary/aromatic N) is 6. The average Bonchev–Trinajstić information content (AvgIpc) is 2.66. The second kappa shape index (κ2) is 7.48. The first kappa shape index (κ1) is 20.2. The molecule has 1 aliphatic rings. The molecule has 0 bridgehead atoms. The third-order valence-corrected chi connectivity index (χ3v) is 4.47. The minimum absolute atomic E-state index is 0.135. The monoisotopic (exact) mass is 412 g/mol. The van der Waals surface area contributed by atoms with E-state index in [1.54, 1.807) is 19.2 Å². The number of anilines is 2. The van der Waals surface area contributed by atoms with E-state index in [1.165, 1.54) is 4.90 Å². The van der Waals surface area contributed by atoms with E-state index in [0.29, 0.717) is 36.9 Å². The highest BCUT2D eigenvalue weighted by Gasteiger charge is 2.39. The molecule has 0 N–H and O–H groups in total. The largest absolute Gasteiger partial charge is 0.416 e. The first-order valence-corrected chi connectivity index (χ1v) is 8.41. The summed E-state index contributed by atoms with van der Waals surface area (Å²) in [4.78, 5) is 32.3. The molecule has 0 aliphatic carbocycles. The summed E-state index contributed by atoms with van der Waals surface area (Å²) in [5, 5.41) is 22.8. The summed E-state index contributed by atoms with van der Waals surface area (Å²) in [7, 11) is 0. The zero-order valence-electron chi connectivity index (χ0n) is 15.1. The molecule has 29 heavy (non-hydrogen) atoms. The van der Waals surface area contributed by atoms with Crippen molar-refractivity contribution in [2.24, 2.45) is 0 Å². The van der Waals surface area contributed by atoms with Crippen molar-refractivity contribution in [2.45, 2.75) is 13.1 Å². The first-order valence-electron chi connectivity index (χ1n) is 8.41. The third-order valence-electron chi connectivity index (χ3n) is 4.47. The first-order chi connectivity index (χ1) is 13.6. The van der Waals surface area contributed by atoms with E-state index >= 15 is 0 Å². The number of aromatic nitrogens is 2. The van der Waals surface area contributed by atoms with Gasteiger partial charge >= 0.3 is 6.18 Å². The Hall–Kier alpha value is -3.51. The molecule has 0 unspecified atom stereocenters. The Morgan fingerprint density at radius 1 is 1.00 bits per heavy atom. The summed E-state index contributed by atoms with van der Waals surface area (Å²) in [6.45, 7) is 2.64. The quantitative estimate of drug-likeness (QED) is 0.556. The summed E-state index contributed by atoms with van der Waals surface area (Å²) in [6.07, 6.45) is -3.37. The van der Waals surface area contributed by atoms with Gasteiger partial charge in [-0.1, -0.05) is 0 Å². The van der Waals surface area contributed by atoms with Crippen LogP contribution in [0.5, 0.6) is 0 Å². The predicted molar refractivity (Wildman–Crippen MR) is 95.9 cm³/mol. The van der Waals surface area contributed by atoms with Crippen LogP contribution in [0.15, 0.2) is 24.4 Å². The Labute approximate surface area is 161 Å². The lowest BCUT2D eigenvalue weighted by Gasteiger charge is -2.36. The number of benzene rings is 1. The van der Waals surface area contributed by atoms with Gasteiger partial charge in [0.25, 0.3) is 11.4 Å². The second-order valence-corrected chi connectivity index (χ2v) is 6.31. The van der Waals surface area contributed by atoms with Gasteiger partial charge in [-0.2, -0.15) is 13.2 Å². The van der Waals surface area contributed by atoms with Crippen molar-refractivity contribution >= 4 is 22.9 Å². The highest BCUT2D eigenvalue weighted by atomic mass is 19.4. The number of hydrogen-bond donors (Lipinski definition) is 0. The Bertz CT molecular complexity index is 925. The zero-order valence-corrected chi connectivity index (χ0v) is 15.1. The molecule has 2 heterocycles. The topological polar surface area (TPSA) is 119 Å². The van der Waals surface area contributed by atoms with Crippen molar-refractivity contribution in [1.29, 1.82) is 0 Å². The van der Waals surface area contributed by atoms with Crippen molar-refractivity contribution in [3.63, 3.8) is 0 Å². The van der Waals surface area contributed by atoms with Crippen LogP contribution in [0.25, 0.3) is 0 Å². The van der Waals surface area contributed by atoms with Crippen LogP contribution in [0.3, 0.4) is 0 Å². The Morgan fingerprint density at radius 3 is 1.97 bits per heavy atom. The van der Waals surface area contributed by atoms with Crippen LogP contribution >= 0.6 is 0 Å². The predicted octanol–water partition coefficient (Wildman–Crippen LogP) is 2.95. The number of aryl methyl sites for hydroxylation is 1. The van der Waals surface area contributed by atoms with E-state index in [0.717, 1.165) is 0 Å². The van der Waals surface area contributed by atoms with E-state index < -0.39 is 38.6 Å². The van der Waals surface area contributed by atoms with Crippen molar-refractivity contribution in [3.8, 4) is 0 Å². The van der Waals surface area contributed by atoms with Gasteiger partial charge in [0.1, 0.15) is 11.6 Å². The fourth-order valence-electron chi connectivity index (χ4n) is 3.15. The van der Waals surface area contributed by atoms with Crippen molar-refractivity contribution in [1.82, 2.24) is 9.97 Å². The lowest BCUT2D eigenvalue weighted by atomic mass is 10.1. The van der Waals surface area contributed by atoms with Crippen LogP contribution < -0.4 is 9.80 Å². The van der Waals surface area contributed by atoms with E-state index in [2.05, 4.69) is 9.97 Å². The number of nitro groups is 2. The minimum Gasteiger partial charge on any atom is -0.357 e. The summed E-state index contributed by atoms with van der Waals surface area (Å²) < 4.78 is 39.1. The van der Waals surface area contributed by atoms with Crippen LogP contribution in [-0.4, -0.2) is 46.0 Å². The summed E-state index contributed by atoms with van der Waals surface area (Å²) in [5.41, 5.74) is -3.75. The molecule has 1 fully saturated rings. The molecule has 3 rings (SSSR count). The zero-order chi connectivity index (χ0) is 21.3. The SMILES string of the molecule is Cc1nccc(N2CCN(c3c([N+](=O)[O-])cc(C(F)(F)F)cc3[N+](=O)[O-])CC2)n1. The fourth-order valence-corrected chi connectivity index (χ4v) is 3.15. The molecular weight excluding hydrogens is 397 g/mol. The molecule has 2 aromatic rings. The van der Waals surface area contributed by atoms with Crippen molar-refractivity contribution < 1.29 is 23.0 Å². The molecule has 10 nitrogen and oxygen atoms in total. The summed E-state index contributed by atoms with van der Waals surface area (Å²) in [6, 6.07) is 2.36. The summed E-state index contributed by atoms with van der Waals surface area (Å²) >= 11 is 0. The number of rotatable bonds is 4. The molecule has 1 saturated heterocycles. The number of nitro benzene ring substituents is 2. The van der Waals surface area contributed by atoms with Crippen LogP contribution in [0.2, 0.25) is 0 Å². The molecule has 0 atom stereocenters. The maximum atomic E-state index is 13.0. The number of alkyl halides is 3. The van der Waals surface area contributed by atoms with Crippen LogP contribution in [0.4, 0.5) is 36.1 Å². The van der Waals surface area contributed by atoms with Crippen LogP contribution in [0, 0.1) is 27.2 Å². The normalized spacial score (nSPS) is 14.8. The standard InChI is InChI=1S/C16H15F3N6O4/c1-10-20-3-2-14(21-10)22-4-6-23(7-5-22)15-12(24(26)27)8-11(16(17,18)19)9-13(15)25(28)29/h2-3,8-9H,4-7H2,1H3. The fraction of sp³-hybridized carbons (Fsp3) is 0.375. The van der Waals surface area contributed by atoms with Gasteiger partial charge in [-0.25, -0.2) is 9.97 Å². The molecule has 0 spiro atoms. The average molecular weight is 412 g/mol. The van der Waals surface area contributed by atoms with Gasteiger partial charge in [0.05, 0.1) is 15.4 Å². The Morgan fingerprint density at radius 2 is 1.52 bits per heavy atom. The lowest BCUT2D eigenvalue weighted by molar-refractivity contribution is -0.393. The van der Waals surface area contributed by atoms with Gasteiger partial charge < -0.3 is 9.80 Å². The number of hydrogen-bond acceptors (Lipinski definition) is 8. The van der Waals surface area contributed by atoms with Gasteiger partial charge in [-0.15, -0.1) is 0 Å². The van der Waals surface area contributed by atoms with Gasteiger partial charge in [0.15, 0.2) is 5.69 Å². The van der Waals surface area contributed by atoms with E-state index in [4.69, 9.17) is 0 Å². The molecule has 1 aliphatic heterocycles. The molecule has 1 aromatic heterocycles. The molecule has 154 valence electrons. The highest BCUT2D eigenvalue weighted by Crippen LogP contribution is 2.43.